The number of anilines is 1. The van der Waals surface area contributed by atoms with Crippen molar-refractivity contribution in [2.75, 3.05) is 11.9 Å². The Morgan fingerprint density at radius 1 is 1.09 bits per heavy atom. The fourth-order valence-corrected chi connectivity index (χ4v) is 2.43. The molecule has 0 atom stereocenters. The van der Waals surface area contributed by atoms with E-state index in [4.69, 9.17) is 4.74 Å². The summed E-state index contributed by atoms with van der Waals surface area (Å²) < 4.78 is 5.66. The van der Waals surface area contributed by atoms with Crippen LogP contribution in [0.4, 0.5) is 5.69 Å². The van der Waals surface area contributed by atoms with Crippen LogP contribution in [0.5, 0.6) is 0 Å². The Morgan fingerprint density at radius 3 is 2.35 bits per heavy atom. The average molecular weight is 376 g/mol. The summed E-state index contributed by atoms with van der Waals surface area (Å²) in [6.45, 7) is 3.88. The van der Waals surface area contributed by atoms with Gasteiger partial charge < -0.3 is 10.1 Å². The van der Waals surface area contributed by atoms with E-state index in [0.29, 0.717) is 21.6 Å². The van der Waals surface area contributed by atoms with Crippen LogP contribution >= 0.6 is 15.9 Å². The molecule has 0 fully saturated rings. The minimum Gasteiger partial charge on any atom is -0.452 e. The Balaban J connectivity index is 1.88. The van der Waals surface area contributed by atoms with Gasteiger partial charge in [-0.15, -0.1) is 0 Å². The molecular weight excluding hydrogens is 358 g/mol. The van der Waals surface area contributed by atoms with Gasteiger partial charge in [0.1, 0.15) is 0 Å². The van der Waals surface area contributed by atoms with Gasteiger partial charge in [-0.05, 0) is 51.7 Å². The Labute approximate surface area is 144 Å². The number of esters is 1. The van der Waals surface area contributed by atoms with E-state index in [-0.39, 0.29) is 12.5 Å². The first-order valence-corrected chi connectivity index (χ1v) is 8.08. The monoisotopic (exact) mass is 375 g/mol. The highest BCUT2D eigenvalue weighted by molar-refractivity contribution is 9.10. The van der Waals surface area contributed by atoms with Crippen LogP contribution in [0.25, 0.3) is 0 Å². The lowest BCUT2D eigenvalue weighted by atomic mass is 10.0. The van der Waals surface area contributed by atoms with Crippen LogP contribution < -0.4 is 5.32 Å². The summed E-state index contributed by atoms with van der Waals surface area (Å²) in [6.07, 6.45) is 0. The van der Waals surface area contributed by atoms with Gasteiger partial charge in [0.15, 0.2) is 6.61 Å². The normalized spacial score (nSPS) is 10.4. The zero-order chi connectivity index (χ0) is 16.8. The maximum Gasteiger partial charge on any atom is 0.339 e. The van der Waals surface area contributed by atoms with E-state index in [9.17, 15) is 9.59 Å². The van der Waals surface area contributed by atoms with Crippen molar-refractivity contribution in [3.8, 4) is 0 Å². The molecule has 0 saturated carbocycles. The number of nitrogens with one attached hydrogen (secondary N) is 1. The van der Waals surface area contributed by atoms with Crippen LogP contribution in [0.1, 0.15) is 35.7 Å². The minimum absolute atomic E-state index is 0.327. The second kappa shape index (κ2) is 7.92. The van der Waals surface area contributed by atoms with Crippen LogP contribution in [0, 0.1) is 0 Å². The summed E-state index contributed by atoms with van der Waals surface area (Å²) in [5.41, 5.74) is 2.27. The summed E-state index contributed by atoms with van der Waals surface area (Å²) in [4.78, 5) is 23.8. The average Bonchev–Trinajstić information content (AvgIpc) is 2.53. The van der Waals surface area contributed by atoms with Gasteiger partial charge in [-0.3, -0.25) is 4.79 Å². The van der Waals surface area contributed by atoms with Crippen molar-refractivity contribution in [2.24, 2.45) is 0 Å². The Kier molecular flexibility index (Phi) is 5.93. The molecule has 2 rings (SSSR count). The molecule has 2 aromatic carbocycles. The third kappa shape index (κ3) is 4.93. The molecule has 0 aliphatic heterocycles. The van der Waals surface area contributed by atoms with Crippen molar-refractivity contribution in [1.29, 1.82) is 0 Å². The summed E-state index contributed by atoms with van der Waals surface area (Å²) in [7, 11) is 0. The van der Waals surface area contributed by atoms with E-state index >= 15 is 0 Å². The van der Waals surface area contributed by atoms with Crippen LogP contribution in [-0.2, 0) is 9.53 Å². The van der Waals surface area contributed by atoms with Crippen molar-refractivity contribution < 1.29 is 14.3 Å². The first-order valence-electron chi connectivity index (χ1n) is 7.29. The highest BCUT2D eigenvalue weighted by Gasteiger charge is 2.13. The largest absolute Gasteiger partial charge is 0.452 e. The number of benzene rings is 2. The molecule has 0 radical (unpaired) electrons. The van der Waals surface area contributed by atoms with Crippen LogP contribution in [0.2, 0.25) is 0 Å². The number of ether oxygens (including phenoxy) is 1. The van der Waals surface area contributed by atoms with Crippen LogP contribution in [0.15, 0.2) is 53.0 Å². The number of hydrogen-bond acceptors (Lipinski definition) is 3. The van der Waals surface area contributed by atoms with Gasteiger partial charge in [0, 0.05) is 10.2 Å². The second-order valence-corrected chi connectivity index (χ2v) is 6.24. The predicted molar refractivity (Wildman–Crippen MR) is 93.6 cm³/mol. The third-order valence-electron chi connectivity index (χ3n) is 3.29. The Morgan fingerprint density at radius 2 is 1.74 bits per heavy atom. The van der Waals surface area contributed by atoms with Crippen molar-refractivity contribution >= 4 is 33.5 Å². The number of halogens is 1. The van der Waals surface area contributed by atoms with Gasteiger partial charge >= 0.3 is 5.97 Å². The lowest BCUT2D eigenvalue weighted by molar-refractivity contribution is -0.119. The van der Waals surface area contributed by atoms with Crippen LogP contribution in [-0.4, -0.2) is 18.5 Å². The summed E-state index contributed by atoms with van der Waals surface area (Å²) in [5.74, 6) is -0.476. The second-order valence-electron chi connectivity index (χ2n) is 5.38. The highest BCUT2D eigenvalue weighted by Crippen LogP contribution is 2.18. The van der Waals surface area contributed by atoms with Crippen molar-refractivity contribution in [2.45, 2.75) is 19.8 Å². The van der Waals surface area contributed by atoms with E-state index in [0.717, 1.165) is 0 Å². The Hall–Kier alpha value is -2.14. The van der Waals surface area contributed by atoms with E-state index < -0.39 is 5.97 Å². The predicted octanol–water partition coefficient (Wildman–Crippen LogP) is 4.37. The molecule has 0 bridgehead atoms. The molecule has 0 spiro atoms. The number of rotatable bonds is 5. The zero-order valence-electron chi connectivity index (χ0n) is 13.0. The van der Waals surface area contributed by atoms with Crippen molar-refractivity contribution in [3.05, 3.63) is 64.1 Å². The first kappa shape index (κ1) is 17.2. The summed E-state index contributed by atoms with van der Waals surface area (Å²) in [6, 6.07) is 14.5. The van der Waals surface area contributed by atoms with E-state index in [2.05, 4.69) is 35.1 Å². The van der Waals surface area contributed by atoms with Gasteiger partial charge in [0.05, 0.1) is 5.56 Å². The molecule has 0 aromatic heterocycles. The highest BCUT2D eigenvalue weighted by atomic mass is 79.9. The molecule has 0 aliphatic rings. The SMILES string of the molecule is CC(C)c1ccc(NC(=O)COC(=O)c2ccccc2Br)cc1. The fraction of sp³-hybridized carbons (Fsp3) is 0.222. The van der Waals surface area contributed by atoms with Crippen LogP contribution in [0.3, 0.4) is 0 Å². The first-order chi connectivity index (χ1) is 11.0. The topological polar surface area (TPSA) is 55.4 Å². The number of carbonyl (C=O) groups is 2. The summed E-state index contributed by atoms with van der Waals surface area (Å²) >= 11 is 3.27. The van der Waals surface area contributed by atoms with Crippen molar-refractivity contribution in [1.82, 2.24) is 0 Å². The van der Waals surface area contributed by atoms with Gasteiger partial charge in [-0.2, -0.15) is 0 Å². The van der Waals surface area contributed by atoms with Gasteiger partial charge in [-0.25, -0.2) is 4.79 Å². The Bertz CT molecular complexity index is 696. The quantitative estimate of drug-likeness (QED) is 0.789. The maximum absolute atomic E-state index is 11.9. The number of hydrogen-bond donors (Lipinski definition) is 1. The molecule has 0 unspecified atom stereocenters. The molecule has 4 nitrogen and oxygen atoms in total. The maximum atomic E-state index is 11.9. The van der Waals surface area contributed by atoms with E-state index in [1.165, 1.54) is 5.56 Å². The van der Waals surface area contributed by atoms with Gasteiger partial charge in [-0.1, -0.05) is 38.1 Å². The lowest BCUT2D eigenvalue weighted by Crippen LogP contribution is -2.21. The molecule has 23 heavy (non-hydrogen) atoms. The standard InChI is InChI=1S/C18H18BrNO3/c1-12(2)13-7-9-14(10-8-13)20-17(21)11-23-18(22)15-5-3-4-6-16(15)19/h3-10,12H,11H2,1-2H3,(H,20,21). The molecular formula is C18H18BrNO3. The number of amides is 1. The van der Waals surface area contributed by atoms with Gasteiger partial charge in [0.2, 0.25) is 0 Å². The molecule has 0 saturated heterocycles. The third-order valence-corrected chi connectivity index (χ3v) is 3.98. The molecule has 0 heterocycles. The van der Waals surface area contributed by atoms with Crippen molar-refractivity contribution in [3.63, 3.8) is 0 Å². The van der Waals surface area contributed by atoms with E-state index in [1.807, 2.05) is 24.3 Å². The number of carbonyl (C=O) groups excluding carboxylic acids is 2. The minimum atomic E-state index is -0.539. The lowest BCUT2D eigenvalue weighted by Gasteiger charge is -2.09. The molecule has 2 aromatic rings. The molecule has 0 aliphatic carbocycles. The smallest absolute Gasteiger partial charge is 0.339 e. The fourth-order valence-electron chi connectivity index (χ4n) is 1.98. The molecule has 120 valence electrons. The molecule has 1 N–H and O–H groups in total. The molecule has 1 amide bonds. The zero-order valence-corrected chi connectivity index (χ0v) is 14.6. The summed E-state index contributed by atoms with van der Waals surface area (Å²) in [5, 5.41) is 2.70. The van der Waals surface area contributed by atoms with E-state index in [1.54, 1.807) is 24.3 Å². The van der Waals surface area contributed by atoms with Gasteiger partial charge in [0.25, 0.3) is 5.91 Å². The molecule has 5 heteroatoms.